The highest BCUT2D eigenvalue weighted by atomic mass is 35.5. The second-order valence-corrected chi connectivity index (χ2v) is 6.39. The van der Waals surface area contributed by atoms with Crippen LogP contribution < -0.4 is 15.7 Å². The molecule has 2 heterocycles. The molecule has 0 unspecified atom stereocenters. The van der Waals surface area contributed by atoms with Crippen molar-refractivity contribution in [1.82, 2.24) is 10.2 Å². The molecular weight excluding hydrogens is 350 g/mol. The molecule has 2 N–H and O–H groups in total. The van der Waals surface area contributed by atoms with Crippen molar-refractivity contribution in [3.05, 3.63) is 28.8 Å². The quantitative estimate of drug-likeness (QED) is 0.748. The minimum absolute atomic E-state index is 0.239. The number of nitrogens with one attached hydrogen (secondary N) is 2. The van der Waals surface area contributed by atoms with Gasteiger partial charge in [-0.1, -0.05) is 11.6 Å². The number of carboxylic acid groups (broad SMARTS) is 1. The van der Waals surface area contributed by atoms with E-state index < -0.39 is 36.3 Å². The van der Waals surface area contributed by atoms with E-state index in [2.05, 4.69) is 10.6 Å². The number of carboxylic acids is 1. The Morgan fingerprint density at radius 1 is 1.32 bits per heavy atom. The normalized spacial score (nSPS) is 21.9. The van der Waals surface area contributed by atoms with Gasteiger partial charge in [0.1, 0.15) is 6.04 Å². The van der Waals surface area contributed by atoms with Gasteiger partial charge in [-0.3, -0.25) is 14.4 Å². The van der Waals surface area contributed by atoms with Crippen molar-refractivity contribution in [1.29, 1.82) is 0 Å². The summed E-state index contributed by atoms with van der Waals surface area (Å²) in [6.07, 6.45) is -0.233. The van der Waals surface area contributed by atoms with E-state index in [0.717, 1.165) is 0 Å². The van der Waals surface area contributed by atoms with Gasteiger partial charge in [0.15, 0.2) is 0 Å². The Morgan fingerprint density at radius 3 is 2.80 bits per heavy atom. The molecule has 1 aromatic carbocycles. The summed E-state index contributed by atoms with van der Waals surface area (Å²) < 4.78 is 0. The summed E-state index contributed by atoms with van der Waals surface area (Å²) in [5.74, 6) is -2.56. The molecule has 9 heteroatoms. The average Bonchev–Trinajstić information content (AvgIpc) is 2.92. The third-order valence-electron chi connectivity index (χ3n) is 4.30. The molecule has 8 nitrogen and oxygen atoms in total. The van der Waals surface area contributed by atoms with Crippen LogP contribution in [0.3, 0.4) is 0 Å². The number of rotatable bonds is 4. The van der Waals surface area contributed by atoms with Crippen LogP contribution in [0.1, 0.15) is 29.6 Å². The smallest absolute Gasteiger partial charge is 0.256 e. The number of amides is 3. The number of nitrogens with zero attached hydrogens (tertiary/aromatic N) is 1. The number of halogens is 1. The molecular formula is C16H15ClN3O5-. The van der Waals surface area contributed by atoms with E-state index in [0.29, 0.717) is 29.2 Å². The standard InChI is InChI=1S/C16H16ClN3O5/c17-8-1-2-9-11(7-8)19-15(24)14-10(5-6-20(14)16(9)25)18-12(21)3-4-13(22)23/h1-2,7,10,14H,3-6H2,(H,18,21)(H,19,24)(H,22,23)/p-1/t10-,14-/m0/s1. The average molecular weight is 365 g/mol. The van der Waals surface area contributed by atoms with Crippen LogP contribution in [-0.4, -0.2) is 47.2 Å². The van der Waals surface area contributed by atoms with E-state index in [9.17, 15) is 24.3 Å². The predicted octanol–water partition coefficient (Wildman–Crippen LogP) is -0.478. The number of benzene rings is 1. The van der Waals surface area contributed by atoms with Crippen LogP contribution in [0, 0.1) is 0 Å². The van der Waals surface area contributed by atoms with Gasteiger partial charge in [0.25, 0.3) is 5.91 Å². The van der Waals surface area contributed by atoms with Gasteiger partial charge in [-0.05, 0) is 31.0 Å². The maximum Gasteiger partial charge on any atom is 0.256 e. The lowest BCUT2D eigenvalue weighted by Crippen LogP contribution is -2.51. The Bertz CT molecular complexity index is 766. The second-order valence-electron chi connectivity index (χ2n) is 5.96. The van der Waals surface area contributed by atoms with Gasteiger partial charge in [-0.25, -0.2) is 0 Å². The summed E-state index contributed by atoms with van der Waals surface area (Å²) in [6.45, 7) is 0.310. The van der Waals surface area contributed by atoms with E-state index in [-0.39, 0.29) is 12.3 Å². The SMILES string of the molecule is O=C([O-])CCC(=O)N[C@H]1CCN2C(=O)c3ccc(Cl)cc3NC(=O)[C@H]12. The summed E-state index contributed by atoms with van der Waals surface area (Å²) in [7, 11) is 0. The number of fused-ring (bicyclic) bond motifs is 2. The van der Waals surface area contributed by atoms with E-state index >= 15 is 0 Å². The number of aliphatic carboxylic acids is 1. The molecule has 0 aromatic heterocycles. The molecule has 3 rings (SSSR count). The molecule has 25 heavy (non-hydrogen) atoms. The Morgan fingerprint density at radius 2 is 2.08 bits per heavy atom. The Hall–Kier alpha value is -2.61. The van der Waals surface area contributed by atoms with E-state index in [1.807, 2.05) is 0 Å². The molecule has 132 valence electrons. The minimum Gasteiger partial charge on any atom is -0.550 e. The minimum atomic E-state index is -1.32. The highest BCUT2D eigenvalue weighted by Crippen LogP contribution is 2.30. The topological polar surface area (TPSA) is 119 Å². The van der Waals surface area contributed by atoms with Gasteiger partial charge < -0.3 is 25.4 Å². The highest BCUT2D eigenvalue weighted by Gasteiger charge is 2.45. The van der Waals surface area contributed by atoms with Crippen LogP contribution in [0.2, 0.25) is 5.02 Å². The summed E-state index contributed by atoms with van der Waals surface area (Å²) in [5.41, 5.74) is 0.670. The van der Waals surface area contributed by atoms with E-state index in [4.69, 9.17) is 11.6 Å². The van der Waals surface area contributed by atoms with Crippen molar-refractivity contribution >= 4 is 41.0 Å². The number of carbonyl (C=O) groups excluding carboxylic acids is 4. The van der Waals surface area contributed by atoms with Crippen LogP contribution in [-0.2, 0) is 14.4 Å². The Balaban J connectivity index is 1.79. The van der Waals surface area contributed by atoms with Crippen molar-refractivity contribution in [2.75, 3.05) is 11.9 Å². The van der Waals surface area contributed by atoms with Crippen LogP contribution in [0.4, 0.5) is 5.69 Å². The lowest BCUT2D eigenvalue weighted by atomic mass is 10.1. The number of hydrogen-bond acceptors (Lipinski definition) is 5. The monoisotopic (exact) mass is 364 g/mol. The highest BCUT2D eigenvalue weighted by molar-refractivity contribution is 6.31. The summed E-state index contributed by atoms with van der Waals surface area (Å²) in [5, 5.41) is 16.2. The fourth-order valence-corrected chi connectivity index (χ4v) is 3.33. The molecule has 0 aliphatic carbocycles. The van der Waals surface area contributed by atoms with Crippen molar-refractivity contribution in [2.45, 2.75) is 31.3 Å². The Kier molecular flexibility index (Phi) is 4.63. The summed E-state index contributed by atoms with van der Waals surface area (Å²) >= 11 is 5.92. The third-order valence-corrected chi connectivity index (χ3v) is 4.53. The molecule has 2 aliphatic heterocycles. The van der Waals surface area contributed by atoms with Crippen molar-refractivity contribution in [3.63, 3.8) is 0 Å². The number of carbonyl (C=O) groups is 4. The zero-order chi connectivity index (χ0) is 18.1. The summed E-state index contributed by atoms with van der Waals surface area (Å²) in [4.78, 5) is 49.0. The van der Waals surface area contributed by atoms with Gasteiger partial charge in [-0.2, -0.15) is 0 Å². The molecule has 1 aromatic rings. The first-order chi connectivity index (χ1) is 11.9. The lowest BCUT2D eigenvalue weighted by Gasteiger charge is -2.25. The largest absolute Gasteiger partial charge is 0.550 e. The van der Waals surface area contributed by atoms with E-state index in [1.165, 1.54) is 11.0 Å². The molecule has 2 atom stereocenters. The molecule has 1 fully saturated rings. The zero-order valence-electron chi connectivity index (χ0n) is 13.1. The first-order valence-corrected chi connectivity index (χ1v) is 8.15. The van der Waals surface area contributed by atoms with Gasteiger partial charge in [-0.15, -0.1) is 0 Å². The van der Waals surface area contributed by atoms with Crippen LogP contribution >= 0.6 is 11.6 Å². The molecule has 0 bridgehead atoms. The molecule has 0 radical (unpaired) electrons. The third kappa shape index (κ3) is 3.43. The fourth-order valence-electron chi connectivity index (χ4n) is 3.16. The zero-order valence-corrected chi connectivity index (χ0v) is 13.8. The van der Waals surface area contributed by atoms with E-state index in [1.54, 1.807) is 12.1 Å². The summed E-state index contributed by atoms with van der Waals surface area (Å²) in [6, 6.07) is 3.19. The maximum atomic E-state index is 12.7. The van der Waals surface area contributed by atoms with Crippen molar-refractivity contribution < 1.29 is 24.3 Å². The van der Waals surface area contributed by atoms with Crippen LogP contribution in [0.15, 0.2) is 18.2 Å². The van der Waals surface area contributed by atoms with Gasteiger partial charge in [0.05, 0.1) is 17.3 Å². The van der Waals surface area contributed by atoms with Crippen molar-refractivity contribution in [2.24, 2.45) is 0 Å². The molecule has 3 amide bonds. The lowest BCUT2D eigenvalue weighted by molar-refractivity contribution is -0.305. The first kappa shape index (κ1) is 17.2. The maximum absolute atomic E-state index is 12.7. The Labute approximate surface area is 148 Å². The number of hydrogen-bond donors (Lipinski definition) is 2. The predicted molar refractivity (Wildman–Crippen MR) is 85.7 cm³/mol. The molecule has 2 aliphatic rings. The van der Waals surface area contributed by atoms with Crippen LogP contribution in [0.5, 0.6) is 0 Å². The molecule has 0 spiro atoms. The van der Waals surface area contributed by atoms with Crippen molar-refractivity contribution in [3.8, 4) is 0 Å². The number of anilines is 1. The second kappa shape index (κ2) is 6.72. The van der Waals surface area contributed by atoms with Gasteiger partial charge >= 0.3 is 0 Å². The van der Waals surface area contributed by atoms with Gasteiger partial charge in [0, 0.05) is 24.0 Å². The fraction of sp³-hybridized carbons (Fsp3) is 0.375. The molecule has 1 saturated heterocycles. The first-order valence-electron chi connectivity index (χ1n) is 7.77. The molecule has 0 saturated carbocycles. The van der Waals surface area contributed by atoms with Gasteiger partial charge in [0.2, 0.25) is 11.8 Å². The van der Waals surface area contributed by atoms with Crippen LogP contribution in [0.25, 0.3) is 0 Å².